The van der Waals surface area contributed by atoms with E-state index in [2.05, 4.69) is 24.1 Å². The van der Waals surface area contributed by atoms with E-state index in [-0.39, 0.29) is 5.91 Å². The molecule has 0 atom stereocenters. The summed E-state index contributed by atoms with van der Waals surface area (Å²) in [4.78, 5) is 14.4. The van der Waals surface area contributed by atoms with E-state index >= 15 is 0 Å². The molecule has 1 amide bonds. The first-order valence-corrected chi connectivity index (χ1v) is 7.84. The highest BCUT2D eigenvalue weighted by molar-refractivity contribution is 6.31. The van der Waals surface area contributed by atoms with Gasteiger partial charge in [-0.15, -0.1) is 0 Å². The normalized spacial score (nSPS) is 10.7. The second-order valence-corrected chi connectivity index (χ2v) is 5.42. The van der Waals surface area contributed by atoms with Crippen LogP contribution in [0.4, 0.5) is 5.69 Å². The van der Waals surface area contributed by atoms with Crippen molar-refractivity contribution in [3.05, 3.63) is 23.2 Å². The molecule has 0 unspecified atom stereocenters. The predicted octanol–water partition coefficient (Wildman–Crippen LogP) is 3.80. The van der Waals surface area contributed by atoms with Crippen molar-refractivity contribution in [2.75, 3.05) is 32.1 Å². The van der Waals surface area contributed by atoms with Crippen molar-refractivity contribution in [1.82, 2.24) is 4.90 Å². The summed E-state index contributed by atoms with van der Waals surface area (Å²) < 4.78 is 5.22. The quantitative estimate of drug-likeness (QED) is 0.754. The topological polar surface area (TPSA) is 41.6 Å². The number of carbonyl (C=O) groups is 1. The fraction of sp³-hybridized carbons (Fsp3) is 0.562. The lowest BCUT2D eigenvalue weighted by Gasteiger charge is -2.20. The number of hydrogen-bond donors (Lipinski definition) is 1. The molecule has 0 fully saturated rings. The van der Waals surface area contributed by atoms with E-state index in [9.17, 15) is 4.79 Å². The number of methoxy groups -OCH3 is 1. The third kappa shape index (κ3) is 6.36. The monoisotopic (exact) mass is 312 g/mol. The van der Waals surface area contributed by atoms with Gasteiger partial charge in [-0.3, -0.25) is 4.79 Å². The number of amides is 1. The maximum absolute atomic E-state index is 12.1. The Balaban J connectivity index is 2.55. The molecule has 1 aromatic rings. The molecule has 0 spiro atoms. The molecule has 1 aromatic carbocycles. The molecule has 4 nitrogen and oxygen atoms in total. The molecule has 0 bridgehead atoms. The Morgan fingerprint density at radius 1 is 1.24 bits per heavy atom. The van der Waals surface area contributed by atoms with Gasteiger partial charge in [0.1, 0.15) is 5.75 Å². The Morgan fingerprint density at radius 2 is 1.90 bits per heavy atom. The molecule has 0 heterocycles. The molecule has 118 valence electrons. The molecule has 0 aromatic heterocycles. The van der Waals surface area contributed by atoms with Crippen LogP contribution in [0.3, 0.4) is 0 Å². The number of carbonyl (C=O) groups excluding carboxylic acids is 1. The van der Waals surface area contributed by atoms with E-state index in [0.29, 0.717) is 22.9 Å². The molecule has 0 aliphatic carbocycles. The van der Waals surface area contributed by atoms with Crippen LogP contribution in [0.1, 0.15) is 33.1 Å². The SMILES string of the molecule is CCCN(CCC)CCC(=O)Nc1cc(Cl)ccc1OC. The van der Waals surface area contributed by atoms with E-state index in [1.54, 1.807) is 25.3 Å². The maximum atomic E-state index is 12.1. The largest absolute Gasteiger partial charge is 0.495 e. The van der Waals surface area contributed by atoms with Gasteiger partial charge in [0.05, 0.1) is 12.8 Å². The molecular weight excluding hydrogens is 288 g/mol. The molecule has 5 heteroatoms. The van der Waals surface area contributed by atoms with Crippen LogP contribution in [0.15, 0.2) is 18.2 Å². The first-order chi connectivity index (χ1) is 10.1. The highest BCUT2D eigenvalue weighted by atomic mass is 35.5. The summed E-state index contributed by atoms with van der Waals surface area (Å²) >= 11 is 5.95. The number of nitrogens with zero attached hydrogens (tertiary/aromatic N) is 1. The Hall–Kier alpha value is -1.26. The minimum atomic E-state index is -0.0206. The number of halogens is 1. The number of rotatable bonds is 9. The lowest BCUT2D eigenvalue weighted by Crippen LogP contribution is -2.29. The molecule has 0 radical (unpaired) electrons. The van der Waals surface area contributed by atoms with Crippen LogP contribution < -0.4 is 10.1 Å². The molecule has 21 heavy (non-hydrogen) atoms. The molecule has 1 rings (SSSR count). The standard InChI is InChI=1S/C16H25ClN2O2/c1-4-9-19(10-5-2)11-8-16(20)18-14-12-13(17)6-7-15(14)21-3/h6-7,12H,4-5,8-11H2,1-3H3,(H,18,20). The fourth-order valence-electron chi connectivity index (χ4n) is 2.22. The van der Waals surface area contributed by atoms with Crippen LogP contribution in [-0.2, 0) is 4.79 Å². The zero-order valence-corrected chi connectivity index (χ0v) is 13.9. The minimum absolute atomic E-state index is 0.0206. The van der Waals surface area contributed by atoms with Gasteiger partial charge in [-0.1, -0.05) is 25.4 Å². The van der Waals surface area contributed by atoms with E-state index in [4.69, 9.17) is 16.3 Å². The summed E-state index contributed by atoms with van der Waals surface area (Å²) in [6, 6.07) is 5.19. The van der Waals surface area contributed by atoms with Gasteiger partial charge in [0.2, 0.25) is 5.91 Å². The Kier molecular flexibility index (Phi) is 8.16. The highest BCUT2D eigenvalue weighted by Gasteiger charge is 2.10. The van der Waals surface area contributed by atoms with Crippen molar-refractivity contribution < 1.29 is 9.53 Å². The number of ether oxygens (including phenoxy) is 1. The lowest BCUT2D eigenvalue weighted by molar-refractivity contribution is -0.116. The number of anilines is 1. The first kappa shape index (κ1) is 17.8. The van der Waals surface area contributed by atoms with Gasteiger partial charge in [-0.05, 0) is 44.1 Å². The highest BCUT2D eigenvalue weighted by Crippen LogP contribution is 2.27. The number of nitrogens with one attached hydrogen (secondary N) is 1. The van der Waals surface area contributed by atoms with Crippen molar-refractivity contribution in [3.63, 3.8) is 0 Å². The van der Waals surface area contributed by atoms with Crippen LogP contribution in [0.2, 0.25) is 5.02 Å². The third-order valence-corrected chi connectivity index (χ3v) is 3.41. The van der Waals surface area contributed by atoms with Crippen molar-refractivity contribution >= 4 is 23.2 Å². The van der Waals surface area contributed by atoms with E-state index in [1.807, 2.05) is 0 Å². The molecule has 0 saturated heterocycles. The van der Waals surface area contributed by atoms with Gasteiger partial charge < -0.3 is 15.0 Å². The van der Waals surface area contributed by atoms with Gasteiger partial charge in [-0.25, -0.2) is 0 Å². The molecule has 0 saturated carbocycles. The van der Waals surface area contributed by atoms with Crippen molar-refractivity contribution in [3.8, 4) is 5.75 Å². The zero-order chi connectivity index (χ0) is 15.7. The van der Waals surface area contributed by atoms with Gasteiger partial charge in [0.15, 0.2) is 0 Å². The van der Waals surface area contributed by atoms with Crippen molar-refractivity contribution in [1.29, 1.82) is 0 Å². The summed E-state index contributed by atoms with van der Waals surface area (Å²) in [6.45, 7) is 7.14. The van der Waals surface area contributed by atoms with Crippen LogP contribution in [0.5, 0.6) is 5.75 Å². The Bertz CT molecular complexity index is 446. The van der Waals surface area contributed by atoms with E-state index in [0.717, 1.165) is 32.5 Å². The average molecular weight is 313 g/mol. The minimum Gasteiger partial charge on any atom is -0.495 e. The lowest BCUT2D eigenvalue weighted by atomic mass is 10.2. The second kappa shape index (κ2) is 9.64. The summed E-state index contributed by atoms with van der Waals surface area (Å²) in [5.41, 5.74) is 0.618. The summed E-state index contributed by atoms with van der Waals surface area (Å²) in [7, 11) is 1.57. The molecule has 0 aliphatic heterocycles. The average Bonchev–Trinajstić information content (AvgIpc) is 2.45. The molecule has 0 aliphatic rings. The number of benzene rings is 1. The molecule has 1 N–H and O–H groups in total. The van der Waals surface area contributed by atoms with Crippen molar-refractivity contribution in [2.45, 2.75) is 33.1 Å². The van der Waals surface area contributed by atoms with Gasteiger partial charge in [0, 0.05) is 18.0 Å². The Labute approximate surface area is 132 Å². The van der Waals surface area contributed by atoms with Crippen LogP contribution in [-0.4, -0.2) is 37.6 Å². The summed E-state index contributed by atoms with van der Waals surface area (Å²) in [6.07, 6.45) is 2.67. The number of hydrogen-bond acceptors (Lipinski definition) is 3. The Morgan fingerprint density at radius 3 is 2.48 bits per heavy atom. The smallest absolute Gasteiger partial charge is 0.225 e. The van der Waals surface area contributed by atoms with E-state index < -0.39 is 0 Å². The van der Waals surface area contributed by atoms with Crippen molar-refractivity contribution in [2.24, 2.45) is 0 Å². The third-order valence-electron chi connectivity index (χ3n) is 3.17. The van der Waals surface area contributed by atoms with Crippen LogP contribution in [0.25, 0.3) is 0 Å². The summed E-state index contributed by atoms with van der Waals surface area (Å²) in [5.74, 6) is 0.597. The van der Waals surface area contributed by atoms with Gasteiger partial charge in [-0.2, -0.15) is 0 Å². The van der Waals surface area contributed by atoms with Crippen LogP contribution in [0, 0.1) is 0 Å². The second-order valence-electron chi connectivity index (χ2n) is 4.98. The first-order valence-electron chi connectivity index (χ1n) is 7.46. The maximum Gasteiger partial charge on any atom is 0.225 e. The van der Waals surface area contributed by atoms with E-state index in [1.165, 1.54) is 0 Å². The zero-order valence-electron chi connectivity index (χ0n) is 13.1. The molecular formula is C16H25ClN2O2. The van der Waals surface area contributed by atoms with Gasteiger partial charge in [0.25, 0.3) is 0 Å². The fourth-order valence-corrected chi connectivity index (χ4v) is 2.39. The summed E-state index contributed by atoms with van der Waals surface area (Å²) in [5, 5.41) is 3.44. The predicted molar refractivity (Wildman–Crippen MR) is 88.3 cm³/mol. The van der Waals surface area contributed by atoms with Gasteiger partial charge >= 0.3 is 0 Å². The van der Waals surface area contributed by atoms with Crippen LogP contribution >= 0.6 is 11.6 Å².